The number of halogens is 1. The summed E-state index contributed by atoms with van der Waals surface area (Å²) in [5.41, 5.74) is 14.8. The van der Waals surface area contributed by atoms with Crippen LogP contribution in [0.5, 0.6) is 0 Å². The molecule has 2 fully saturated rings. The van der Waals surface area contributed by atoms with Crippen molar-refractivity contribution in [2.75, 3.05) is 26.7 Å². The minimum Gasteiger partial charge on any atom is -0.397 e. The van der Waals surface area contributed by atoms with Gasteiger partial charge in [-0.05, 0) is 19.0 Å². The van der Waals surface area contributed by atoms with Crippen LogP contribution in [0.2, 0.25) is 0 Å². The quantitative estimate of drug-likeness (QED) is 0.371. The van der Waals surface area contributed by atoms with Crippen molar-refractivity contribution in [1.29, 1.82) is 5.41 Å². The van der Waals surface area contributed by atoms with E-state index >= 15 is 0 Å². The highest BCUT2D eigenvalue weighted by molar-refractivity contribution is 6.39. The molecule has 172 valence electrons. The molecule has 2 aromatic carbocycles. The molecule has 0 aromatic heterocycles. The van der Waals surface area contributed by atoms with Gasteiger partial charge in [0.15, 0.2) is 0 Å². The molecule has 8 heteroatoms. The summed E-state index contributed by atoms with van der Waals surface area (Å²) >= 11 is 6.72. The molecule has 4 rings (SSSR count). The zero-order valence-electron chi connectivity index (χ0n) is 18.6. The summed E-state index contributed by atoms with van der Waals surface area (Å²) in [7, 11) is 2.10. The van der Waals surface area contributed by atoms with E-state index in [9.17, 15) is 4.79 Å². The van der Waals surface area contributed by atoms with E-state index < -0.39 is 0 Å². The highest BCUT2D eigenvalue weighted by Gasteiger charge is 2.43. The van der Waals surface area contributed by atoms with Crippen LogP contribution in [0.4, 0.5) is 0 Å². The largest absolute Gasteiger partial charge is 0.397 e. The Hall–Kier alpha value is -3.29. The Morgan fingerprint density at radius 3 is 2.18 bits per heavy atom. The first-order valence-corrected chi connectivity index (χ1v) is 11.3. The van der Waals surface area contributed by atoms with E-state index in [2.05, 4.69) is 17.3 Å². The number of likely N-dealkylation sites (N-methyl/N-ethyl adjacent to an activating group) is 1. The average molecular weight is 465 g/mol. The van der Waals surface area contributed by atoms with Gasteiger partial charge in [-0.15, -0.1) is 0 Å². The number of fused-ring (bicyclic) bond motifs is 2. The molecule has 6 N–H and O–H groups in total. The van der Waals surface area contributed by atoms with Gasteiger partial charge < -0.3 is 21.7 Å². The van der Waals surface area contributed by atoms with Crippen molar-refractivity contribution >= 4 is 28.9 Å². The molecule has 2 aromatic rings. The zero-order valence-corrected chi connectivity index (χ0v) is 19.3. The van der Waals surface area contributed by atoms with Gasteiger partial charge in [0.25, 0.3) is 0 Å². The number of benzene rings is 2. The van der Waals surface area contributed by atoms with E-state index in [4.69, 9.17) is 28.5 Å². The lowest BCUT2D eigenvalue weighted by Crippen LogP contribution is -2.50. The van der Waals surface area contributed by atoms with E-state index in [0.29, 0.717) is 17.3 Å². The van der Waals surface area contributed by atoms with Crippen molar-refractivity contribution in [3.05, 3.63) is 88.2 Å². The van der Waals surface area contributed by atoms with Crippen LogP contribution in [-0.4, -0.2) is 60.2 Å². The van der Waals surface area contributed by atoms with Crippen molar-refractivity contribution in [1.82, 2.24) is 15.1 Å². The molecule has 2 bridgehead atoms. The second kappa shape index (κ2) is 9.68. The number of piperazine rings is 1. The smallest absolute Gasteiger partial charge is 0.242 e. The van der Waals surface area contributed by atoms with Crippen molar-refractivity contribution < 1.29 is 4.79 Å². The third kappa shape index (κ3) is 4.74. The molecule has 0 saturated carbocycles. The topological polar surface area (TPSA) is 111 Å². The summed E-state index contributed by atoms with van der Waals surface area (Å²) in [4.78, 5) is 17.1. The molecular formula is C25H29ClN6O. The van der Waals surface area contributed by atoms with Crippen molar-refractivity contribution in [2.45, 2.75) is 18.5 Å². The van der Waals surface area contributed by atoms with Crippen LogP contribution in [0, 0.1) is 5.41 Å². The van der Waals surface area contributed by atoms with Gasteiger partial charge in [0.1, 0.15) is 5.82 Å². The zero-order chi connectivity index (χ0) is 23.5. The van der Waals surface area contributed by atoms with Gasteiger partial charge in [-0.25, -0.2) is 0 Å². The summed E-state index contributed by atoms with van der Waals surface area (Å²) in [6, 6.07) is 19.1. The van der Waals surface area contributed by atoms with Gasteiger partial charge in [0, 0.05) is 30.7 Å². The fourth-order valence-corrected chi connectivity index (χ4v) is 4.83. The van der Waals surface area contributed by atoms with Crippen LogP contribution >= 0.6 is 11.6 Å². The van der Waals surface area contributed by atoms with Gasteiger partial charge in [-0.3, -0.25) is 15.1 Å². The Morgan fingerprint density at radius 1 is 1.03 bits per heavy atom. The van der Waals surface area contributed by atoms with Crippen molar-refractivity contribution in [2.24, 2.45) is 11.5 Å². The molecular weight excluding hydrogens is 436 g/mol. The number of hydrogen-bond acceptors (Lipinski definition) is 6. The molecule has 0 spiro atoms. The van der Waals surface area contributed by atoms with E-state index in [1.165, 1.54) is 0 Å². The molecule has 33 heavy (non-hydrogen) atoms. The molecule has 2 aliphatic heterocycles. The van der Waals surface area contributed by atoms with Gasteiger partial charge in [-0.2, -0.15) is 0 Å². The van der Waals surface area contributed by atoms with Crippen LogP contribution in [0.15, 0.2) is 77.1 Å². The fourth-order valence-electron chi connectivity index (χ4n) is 4.52. The van der Waals surface area contributed by atoms with Crippen LogP contribution in [0.3, 0.4) is 0 Å². The highest BCUT2D eigenvalue weighted by Crippen LogP contribution is 2.30. The molecule has 2 atom stereocenters. The average Bonchev–Trinajstić information content (AvgIpc) is 3.43. The number of allylic oxidation sites excluding steroid dienone is 2. The van der Waals surface area contributed by atoms with Crippen molar-refractivity contribution in [3.8, 4) is 0 Å². The van der Waals surface area contributed by atoms with E-state index in [1.54, 1.807) is 12.1 Å². The minimum absolute atomic E-state index is 0.0136. The molecule has 1 amide bonds. The minimum atomic E-state index is -0.0136. The molecule has 2 aliphatic rings. The maximum absolute atomic E-state index is 12.9. The first kappa shape index (κ1) is 22.9. The number of hydrogen-bond donors (Lipinski definition) is 4. The SMILES string of the molecule is CN1CC2CC1CN2C(=O)CN/C(N)=C(C(=N)c1ccccc1)/C(Cl)=C(\N)c1ccccc1. The summed E-state index contributed by atoms with van der Waals surface area (Å²) in [6.07, 6.45) is 1.01. The summed E-state index contributed by atoms with van der Waals surface area (Å²) in [5, 5.41) is 12.0. The maximum atomic E-state index is 12.9. The molecule has 7 nitrogen and oxygen atoms in total. The number of carbonyl (C=O) groups is 1. The lowest BCUT2D eigenvalue weighted by molar-refractivity contribution is -0.132. The van der Waals surface area contributed by atoms with Crippen LogP contribution < -0.4 is 16.8 Å². The first-order chi connectivity index (χ1) is 15.9. The molecule has 2 heterocycles. The normalized spacial score (nSPS) is 21.5. The standard InChI is InChI=1S/C25H29ClN6O/c1-31-14-19-12-18(31)15-32(19)20(33)13-30-25(29)21(23(27)16-8-4-2-5-9-16)22(26)24(28)17-10-6-3-7-11-17/h2-11,18-19,27,30H,12-15,28-29H2,1H3/b24-22+,25-21-,27-23?. The number of nitrogens with zero attached hydrogens (tertiary/aromatic N) is 2. The Labute approximate surface area is 199 Å². The van der Waals surface area contributed by atoms with E-state index in [0.717, 1.165) is 25.1 Å². The van der Waals surface area contributed by atoms with Crippen LogP contribution in [-0.2, 0) is 4.79 Å². The van der Waals surface area contributed by atoms with Crippen LogP contribution in [0.1, 0.15) is 17.5 Å². The number of amides is 1. The Bertz CT molecular complexity index is 1100. The van der Waals surface area contributed by atoms with E-state index in [-0.39, 0.29) is 40.6 Å². The molecule has 2 saturated heterocycles. The summed E-state index contributed by atoms with van der Waals surface area (Å²) < 4.78 is 0. The fraction of sp³-hybridized carbons (Fsp3) is 0.280. The second-order valence-corrected chi connectivity index (χ2v) is 8.88. The van der Waals surface area contributed by atoms with Gasteiger partial charge in [0.2, 0.25) is 5.91 Å². The lowest BCUT2D eigenvalue weighted by Gasteiger charge is -2.32. The highest BCUT2D eigenvalue weighted by atomic mass is 35.5. The van der Waals surface area contributed by atoms with Crippen LogP contribution in [0.25, 0.3) is 5.70 Å². The predicted molar refractivity (Wildman–Crippen MR) is 132 cm³/mol. The monoisotopic (exact) mass is 464 g/mol. The maximum Gasteiger partial charge on any atom is 0.242 e. The van der Waals surface area contributed by atoms with E-state index in [1.807, 2.05) is 53.4 Å². The van der Waals surface area contributed by atoms with Gasteiger partial charge >= 0.3 is 0 Å². The number of rotatable bonds is 7. The van der Waals surface area contributed by atoms with Crippen molar-refractivity contribution in [3.63, 3.8) is 0 Å². The summed E-state index contributed by atoms with van der Waals surface area (Å²) in [6.45, 7) is 1.66. The second-order valence-electron chi connectivity index (χ2n) is 8.51. The Morgan fingerprint density at radius 2 is 1.64 bits per heavy atom. The predicted octanol–water partition coefficient (Wildman–Crippen LogP) is 2.30. The number of nitrogens with one attached hydrogen (secondary N) is 2. The van der Waals surface area contributed by atoms with Gasteiger partial charge in [0.05, 0.1) is 28.6 Å². The number of likely N-dealkylation sites (tertiary alicyclic amines) is 2. The third-order valence-electron chi connectivity index (χ3n) is 6.39. The Kier molecular flexibility index (Phi) is 6.72. The number of carbonyl (C=O) groups excluding carboxylic acids is 1. The summed E-state index contributed by atoms with van der Waals surface area (Å²) in [5.74, 6) is 0.128. The Balaban J connectivity index is 1.60. The van der Waals surface area contributed by atoms with Gasteiger partial charge in [-0.1, -0.05) is 72.3 Å². The molecule has 0 radical (unpaired) electrons. The molecule has 0 aliphatic carbocycles. The first-order valence-electron chi connectivity index (χ1n) is 11.0. The molecule has 2 unspecified atom stereocenters. The lowest BCUT2D eigenvalue weighted by atomic mass is 9.99. The number of nitrogens with two attached hydrogens (primary N) is 2. The third-order valence-corrected chi connectivity index (χ3v) is 6.78.